The third-order valence-electron chi connectivity index (χ3n) is 3.24. The summed E-state index contributed by atoms with van der Waals surface area (Å²) >= 11 is 24.1. The minimum atomic E-state index is 0.502. The summed E-state index contributed by atoms with van der Waals surface area (Å²) in [6, 6.07) is 14.4. The molecule has 3 rings (SSSR count). The first-order valence-corrected chi connectivity index (χ1v) is 8.27. The molecule has 0 unspecified atom stereocenters. The van der Waals surface area contributed by atoms with E-state index in [1.54, 1.807) is 30.3 Å². The summed E-state index contributed by atoms with van der Waals surface area (Å²) in [5.41, 5.74) is 1.62. The fourth-order valence-electron chi connectivity index (χ4n) is 2.10. The molecule has 0 aliphatic heterocycles. The van der Waals surface area contributed by atoms with Gasteiger partial charge in [0, 0.05) is 16.3 Å². The maximum atomic E-state index is 6.18. The van der Waals surface area contributed by atoms with Crippen LogP contribution in [0.3, 0.4) is 0 Å². The molecule has 0 spiro atoms. The predicted octanol–water partition coefficient (Wildman–Crippen LogP) is 7.17. The highest BCUT2D eigenvalue weighted by Crippen LogP contribution is 2.32. The lowest BCUT2D eigenvalue weighted by Crippen LogP contribution is -1.97. The van der Waals surface area contributed by atoms with Crippen molar-refractivity contribution in [2.75, 3.05) is 5.32 Å². The molecule has 0 radical (unpaired) electrons. The fourth-order valence-corrected chi connectivity index (χ4v) is 2.78. The number of anilines is 1. The summed E-state index contributed by atoms with van der Waals surface area (Å²) in [5, 5.41) is 5.45. The molecule has 0 fully saturated rings. The average molecular weight is 387 g/mol. The van der Waals surface area contributed by atoms with Crippen molar-refractivity contribution in [2.45, 2.75) is 6.54 Å². The molecule has 6 heteroatoms. The molecule has 3 aromatic rings. The first kappa shape index (κ1) is 16.5. The van der Waals surface area contributed by atoms with Crippen molar-refractivity contribution in [1.29, 1.82) is 0 Å². The maximum Gasteiger partial charge on any atom is 0.135 e. The second-order valence-corrected chi connectivity index (χ2v) is 6.53. The quantitative estimate of drug-likeness (QED) is 0.513. The lowest BCUT2D eigenvalue weighted by atomic mass is 10.2. The van der Waals surface area contributed by atoms with E-state index in [1.807, 2.05) is 18.2 Å². The predicted molar refractivity (Wildman–Crippen MR) is 98.0 cm³/mol. The van der Waals surface area contributed by atoms with Crippen LogP contribution >= 0.6 is 46.4 Å². The Morgan fingerprint density at radius 2 is 1.57 bits per heavy atom. The van der Waals surface area contributed by atoms with Gasteiger partial charge in [0.2, 0.25) is 0 Å². The van der Waals surface area contributed by atoms with Crippen LogP contribution in [-0.2, 0) is 6.54 Å². The molecule has 23 heavy (non-hydrogen) atoms. The highest BCUT2D eigenvalue weighted by Gasteiger charge is 2.09. The third kappa shape index (κ3) is 3.96. The van der Waals surface area contributed by atoms with Gasteiger partial charge in [-0.25, -0.2) is 0 Å². The second kappa shape index (κ2) is 7.06. The topological polar surface area (TPSA) is 25.2 Å². The van der Waals surface area contributed by atoms with Crippen molar-refractivity contribution in [1.82, 2.24) is 0 Å². The summed E-state index contributed by atoms with van der Waals surface area (Å²) in [5.74, 6) is 1.44. The van der Waals surface area contributed by atoms with Gasteiger partial charge in [-0.3, -0.25) is 0 Å². The van der Waals surface area contributed by atoms with Gasteiger partial charge in [0.25, 0.3) is 0 Å². The number of furan rings is 1. The van der Waals surface area contributed by atoms with E-state index in [0.29, 0.717) is 32.4 Å². The molecule has 0 saturated heterocycles. The van der Waals surface area contributed by atoms with Gasteiger partial charge in [-0.15, -0.1) is 0 Å². The van der Waals surface area contributed by atoms with Gasteiger partial charge in [-0.1, -0.05) is 46.4 Å². The highest BCUT2D eigenvalue weighted by atomic mass is 35.5. The molecule has 1 aromatic heterocycles. The maximum absolute atomic E-state index is 6.18. The number of hydrogen-bond acceptors (Lipinski definition) is 2. The molecule has 1 N–H and O–H groups in total. The van der Waals surface area contributed by atoms with Crippen LogP contribution in [-0.4, -0.2) is 0 Å². The fraction of sp³-hybridized carbons (Fsp3) is 0.0588. The van der Waals surface area contributed by atoms with Crippen molar-refractivity contribution >= 4 is 52.1 Å². The standard InChI is InChI=1S/C17H11Cl4NO/c18-10-1-4-14(19)13(7-10)17-6-3-12(23-17)9-22-11-2-5-15(20)16(21)8-11/h1-8,22H,9H2. The van der Waals surface area contributed by atoms with E-state index in [1.165, 1.54) is 0 Å². The monoisotopic (exact) mass is 385 g/mol. The van der Waals surface area contributed by atoms with Crippen LogP contribution in [0.4, 0.5) is 5.69 Å². The van der Waals surface area contributed by atoms with Gasteiger partial charge in [0.1, 0.15) is 11.5 Å². The molecule has 2 nitrogen and oxygen atoms in total. The Hall–Kier alpha value is -1.32. The molecule has 2 aromatic carbocycles. The minimum absolute atomic E-state index is 0.502. The molecule has 0 aliphatic carbocycles. The number of rotatable bonds is 4. The number of hydrogen-bond donors (Lipinski definition) is 1. The van der Waals surface area contributed by atoms with E-state index in [4.69, 9.17) is 50.8 Å². The summed E-state index contributed by atoms with van der Waals surface area (Å²) in [6.07, 6.45) is 0. The first-order chi connectivity index (χ1) is 11.0. The number of halogens is 4. The van der Waals surface area contributed by atoms with E-state index in [2.05, 4.69) is 5.32 Å². The van der Waals surface area contributed by atoms with Gasteiger partial charge in [-0.2, -0.15) is 0 Å². The lowest BCUT2D eigenvalue weighted by Gasteiger charge is -2.06. The summed E-state index contributed by atoms with van der Waals surface area (Å²) < 4.78 is 5.82. The van der Waals surface area contributed by atoms with Crippen molar-refractivity contribution < 1.29 is 4.42 Å². The van der Waals surface area contributed by atoms with Crippen LogP contribution < -0.4 is 5.32 Å². The zero-order chi connectivity index (χ0) is 16.4. The Bertz CT molecular complexity index is 844. The molecule has 0 aliphatic rings. The van der Waals surface area contributed by atoms with Crippen molar-refractivity contribution in [3.05, 3.63) is 74.4 Å². The second-order valence-electron chi connectivity index (χ2n) is 4.87. The summed E-state index contributed by atoms with van der Waals surface area (Å²) in [4.78, 5) is 0. The van der Waals surface area contributed by atoms with Crippen molar-refractivity contribution in [3.63, 3.8) is 0 Å². The molecule has 0 saturated carbocycles. The van der Waals surface area contributed by atoms with Gasteiger partial charge < -0.3 is 9.73 Å². The molecule has 0 bridgehead atoms. The van der Waals surface area contributed by atoms with Crippen molar-refractivity contribution in [3.8, 4) is 11.3 Å². The largest absolute Gasteiger partial charge is 0.459 e. The van der Waals surface area contributed by atoms with E-state index >= 15 is 0 Å². The minimum Gasteiger partial charge on any atom is -0.459 e. The molecule has 0 atom stereocenters. The smallest absolute Gasteiger partial charge is 0.135 e. The van der Waals surface area contributed by atoms with E-state index in [0.717, 1.165) is 17.0 Å². The van der Waals surface area contributed by atoms with Gasteiger partial charge in [-0.05, 0) is 48.5 Å². The zero-order valence-electron chi connectivity index (χ0n) is 11.7. The van der Waals surface area contributed by atoms with Crippen LogP contribution in [0, 0.1) is 0 Å². The van der Waals surface area contributed by atoms with Crippen LogP contribution in [0.15, 0.2) is 52.9 Å². The number of benzene rings is 2. The third-order valence-corrected chi connectivity index (χ3v) is 4.55. The molecule has 118 valence electrons. The normalized spacial score (nSPS) is 10.8. The Labute approximate surface area is 153 Å². The average Bonchev–Trinajstić information content (AvgIpc) is 2.99. The lowest BCUT2D eigenvalue weighted by molar-refractivity contribution is 0.531. The molecular weight excluding hydrogens is 376 g/mol. The molecule has 1 heterocycles. The Balaban J connectivity index is 1.74. The molecule has 0 amide bonds. The zero-order valence-corrected chi connectivity index (χ0v) is 14.8. The summed E-state index contributed by atoms with van der Waals surface area (Å²) in [7, 11) is 0. The number of nitrogens with one attached hydrogen (secondary N) is 1. The van der Waals surface area contributed by atoms with Gasteiger partial charge >= 0.3 is 0 Å². The molecular formula is C17H11Cl4NO. The summed E-state index contributed by atoms with van der Waals surface area (Å²) in [6.45, 7) is 0.510. The van der Waals surface area contributed by atoms with Gasteiger partial charge in [0.15, 0.2) is 0 Å². The Kier molecular flexibility index (Phi) is 5.08. The van der Waals surface area contributed by atoms with Gasteiger partial charge in [0.05, 0.1) is 21.6 Å². The first-order valence-electron chi connectivity index (χ1n) is 6.76. The van der Waals surface area contributed by atoms with E-state index in [-0.39, 0.29) is 0 Å². The Morgan fingerprint density at radius 1 is 0.783 bits per heavy atom. The van der Waals surface area contributed by atoms with E-state index < -0.39 is 0 Å². The Morgan fingerprint density at radius 3 is 2.35 bits per heavy atom. The highest BCUT2D eigenvalue weighted by molar-refractivity contribution is 6.42. The SMILES string of the molecule is Clc1ccc(Cl)c(-c2ccc(CNc3ccc(Cl)c(Cl)c3)o2)c1. The van der Waals surface area contributed by atoms with Crippen LogP contribution in [0.25, 0.3) is 11.3 Å². The van der Waals surface area contributed by atoms with Crippen LogP contribution in [0.5, 0.6) is 0 Å². The van der Waals surface area contributed by atoms with Crippen LogP contribution in [0.2, 0.25) is 20.1 Å². The van der Waals surface area contributed by atoms with Crippen LogP contribution in [0.1, 0.15) is 5.76 Å². The van der Waals surface area contributed by atoms with Crippen molar-refractivity contribution in [2.24, 2.45) is 0 Å². The van der Waals surface area contributed by atoms with E-state index in [9.17, 15) is 0 Å².